The predicted octanol–water partition coefficient (Wildman–Crippen LogP) is 0.712. The fourth-order valence-corrected chi connectivity index (χ4v) is 1.51. The zero-order valence-corrected chi connectivity index (χ0v) is 12.0. The first kappa shape index (κ1) is 15.9. The number of ether oxygens (including phenoxy) is 3. The zero-order valence-electron chi connectivity index (χ0n) is 11.3. The topological polar surface area (TPSA) is 85.9 Å². The molecule has 0 aliphatic heterocycles. The number of rotatable bonds is 5. The SMILES string of the molecule is COc1cc(C(=O)NNC(=O)CCl)cc(OC)c1OC. The van der Waals surface area contributed by atoms with Gasteiger partial charge in [-0.15, -0.1) is 11.6 Å². The molecule has 110 valence electrons. The van der Waals surface area contributed by atoms with Gasteiger partial charge in [0.2, 0.25) is 5.75 Å². The predicted molar refractivity (Wildman–Crippen MR) is 72.4 cm³/mol. The number of alkyl halides is 1. The number of carbonyl (C=O) groups excluding carboxylic acids is 2. The Kier molecular flexibility index (Phi) is 5.92. The average molecular weight is 303 g/mol. The number of methoxy groups -OCH3 is 3. The van der Waals surface area contributed by atoms with E-state index in [1.165, 1.54) is 33.5 Å². The lowest BCUT2D eigenvalue weighted by Crippen LogP contribution is -2.42. The first-order valence-electron chi connectivity index (χ1n) is 5.52. The van der Waals surface area contributed by atoms with Gasteiger partial charge < -0.3 is 14.2 Å². The van der Waals surface area contributed by atoms with Crippen LogP contribution in [0.1, 0.15) is 10.4 Å². The molecule has 0 radical (unpaired) electrons. The number of nitrogens with one attached hydrogen (secondary N) is 2. The van der Waals surface area contributed by atoms with E-state index >= 15 is 0 Å². The van der Waals surface area contributed by atoms with Crippen LogP contribution in [0, 0.1) is 0 Å². The van der Waals surface area contributed by atoms with E-state index in [4.69, 9.17) is 25.8 Å². The van der Waals surface area contributed by atoms with E-state index in [0.29, 0.717) is 17.2 Å². The molecule has 0 spiro atoms. The Bertz CT molecular complexity index is 482. The molecule has 1 rings (SSSR count). The summed E-state index contributed by atoms with van der Waals surface area (Å²) in [5.41, 5.74) is 4.60. The number of halogens is 1. The van der Waals surface area contributed by atoms with Crippen molar-refractivity contribution in [3.05, 3.63) is 17.7 Å². The van der Waals surface area contributed by atoms with Crippen molar-refractivity contribution in [1.29, 1.82) is 0 Å². The van der Waals surface area contributed by atoms with Gasteiger partial charge in [-0.2, -0.15) is 0 Å². The summed E-state index contributed by atoms with van der Waals surface area (Å²) in [6, 6.07) is 2.92. The van der Waals surface area contributed by atoms with Crippen LogP contribution in [0.25, 0.3) is 0 Å². The van der Waals surface area contributed by atoms with Crippen LogP contribution in [-0.2, 0) is 4.79 Å². The van der Waals surface area contributed by atoms with Gasteiger partial charge in [-0.05, 0) is 12.1 Å². The summed E-state index contributed by atoms with van der Waals surface area (Å²) in [6.07, 6.45) is 0. The molecule has 0 aliphatic rings. The molecule has 0 saturated heterocycles. The molecule has 0 fully saturated rings. The van der Waals surface area contributed by atoms with Crippen LogP contribution in [0.5, 0.6) is 17.2 Å². The number of hydrogen-bond acceptors (Lipinski definition) is 5. The molecule has 1 aromatic rings. The Balaban J connectivity index is 3.00. The molecule has 8 heteroatoms. The summed E-state index contributed by atoms with van der Waals surface area (Å²) in [5, 5.41) is 0. The highest BCUT2D eigenvalue weighted by atomic mass is 35.5. The number of amides is 2. The highest BCUT2D eigenvalue weighted by Gasteiger charge is 2.17. The molecule has 1 aromatic carbocycles. The molecule has 7 nitrogen and oxygen atoms in total. The Hall–Kier alpha value is -2.15. The lowest BCUT2D eigenvalue weighted by molar-refractivity contribution is -0.119. The summed E-state index contributed by atoms with van der Waals surface area (Å²) in [4.78, 5) is 22.8. The first-order chi connectivity index (χ1) is 9.57. The summed E-state index contributed by atoms with van der Waals surface area (Å²) in [7, 11) is 4.34. The van der Waals surface area contributed by atoms with Crippen molar-refractivity contribution in [2.75, 3.05) is 27.2 Å². The molecular weight excluding hydrogens is 288 g/mol. The van der Waals surface area contributed by atoms with Gasteiger partial charge in [-0.25, -0.2) is 0 Å². The largest absolute Gasteiger partial charge is 0.493 e. The van der Waals surface area contributed by atoms with Crippen molar-refractivity contribution >= 4 is 23.4 Å². The van der Waals surface area contributed by atoms with E-state index in [9.17, 15) is 9.59 Å². The minimum atomic E-state index is -0.539. The van der Waals surface area contributed by atoms with E-state index in [1.54, 1.807) is 0 Å². The summed E-state index contributed by atoms with van der Waals surface area (Å²) in [5.74, 6) is -0.275. The van der Waals surface area contributed by atoms with Gasteiger partial charge in [-0.1, -0.05) is 0 Å². The minimum Gasteiger partial charge on any atom is -0.493 e. The minimum absolute atomic E-state index is 0.231. The van der Waals surface area contributed by atoms with Crippen LogP contribution >= 0.6 is 11.6 Å². The van der Waals surface area contributed by atoms with Gasteiger partial charge in [0.05, 0.1) is 21.3 Å². The molecule has 0 atom stereocenters. The van der Waals surface area contributed by atoms with E-state index in [1.807, 2.05) is 0 Å². The molecule has 0 aromatic heterocycles. The van der Waals surface area contributed by atoms with Gasteiger partial charge in [-0.3, -0.25) is 20.4 Å². The van der Waals surface area contributed by atoms with E-state index < -0.39 is 11.8 Å². The highest BCUT2D eigenvalue weighted by Crippen LogP contribution is 2.38. The molecule has 2 N–H and O–H groups in total. The Morgan fingerprint density at radius 1 is 1.05 bits per heavy atom. The normalized spacial score (nSPS) is 9.60. The fourth-order valence-electron chi connectivity index (χ4n) is 1.44. The van der Waals surface area contributed by atoms with Crippen LogP contribution in [0.2, 0.25) is 0 Å². The quantitative estimate of drug-likeness (QED) is 0.618. The highest BCUT2D eigenvalue weighted by molar-refractivity contribution is 6.27. The van der Waals surface area contributed by atoms with E-state index in [-0.39, 0.29) is 11.4 Å². The second-order valence-electron chi connectivity index (χ2n) is 3.55. The molecular formula is C12H15ClN2O5. The van der Waals surface area contributed by atoms with Crippen LogP contribution in [0.3, 0.4) is 0 Å². The number of carbonyl (C=O) groups is 2. The lowest BCUT2D eigenvalue weighted by atomic mass is 10.1. The Morgan fingerprint density at radius 2 is 1.60 bits per heavy atom. The van der Waals surface area contributed by atoms with Gasteiger partial charge in [0.1, 0.15) is 5.88 Å². The number of hydrogen-bond donors (Lipinski definition) is 2. The zero-order chi connectivity index (χ0) is 15.1. The van der Waals surface area contributed by atoms with Gasteiger partial charge in [0.15, 0.2) is 11.5 Å². The van der Waals surface area contributed by atoms with Crippen molar-refractivity contribution < 1.29 is 23.8 Å². The summed E-state index contributed by atoms with van der Waals surface area (Å²) in [6.45, 7) is 0. The van der Waals surface area contributed by atoms with Crippen molar-refractivity contribution in [1.82, 2.24) is 10.9 Å². The lowest BCUT2D eigenvalue weighted by Gasteiger charge is -2.14. The van der Waals surface area contributed by atoms with Crippen LogP contribution < -0.4 is 25.1 Å². The van der Waals surface area contributed by atoms with Crippen LogP contribution in [0.4, 0.5) is 0 Å². The third-order valence-corrected chi connectivity index (χ3v) is 2.61. The van der Waals surface area contributed by atoms with E-state index in [2.05, 4.69) is 10.9 Å². The molecule has 20 heavy (non-hydrogen) atoms. The smallest absolute Gasteiger partial charge is 0.269 e. The second kappa shape index (κ2) is 7.44. The Morgan fingerprint density at radius 3 is 2.00 bits per heavy atom. The monoisotopic (exact) mass is 302 g/mol. The molecule has 0 bridgehead atoms. The molecule has 0 saturated carbocycles. The van der Waals surface area contributed by atoms with Crippen molar-refractivity contribution in [2.24, 2.45) is 0 Å². The van der Waals surface area contributed by atoms with Crippen molar-refractivity contribution in [3.63, 3.8) is 0 Å². The maximum absolute atomic E-state index is 11.9. The first-order valence-corrected chi connectivity index (χ1v) is 6.06. The Labute approximate surface area is 121 Å². The standard InChI is InChI=1S/C12H15ClN2O5/c1-18-8-4-7(5-9(19-2)11(8)20-3)12(17)15-14-10(16)6-13/h4-5H,6H2,1-3H3,(H,14,16)(H,15,17). The van der Waals surface area contributed by atoms with Gasteiger partial charge in [0, 0.05) is 5.56 Å². The number of hydrazine groups is 1. The maximum Gasteiger partial charge on any atom is 0.269 e. The third-order valence-electron chi connectivity index (χ3n) is 2.36. The summed E-state index contributed by atoms with van der Waals surface area (Å²) < 4.78 is 15.4. The molecule has 0 heterocycles. The van der Waals surface area contributed by atoms with Gasteiger partial charge in [0.25, 0.3) is 11.8 Å². The third kappa shape index (κ3) is 3.67. The van der Waals surface area contributed by atoms with Crippen molar-refractivity contribution in [2.45, 2.75) is 0 Å². The molecule has 2 amide bonds. The van der Waals surface area contributed by atoms with Gasteiger partial charge >= 0.3 is 0 Å². The van der Waals surface area contributed by atoms with Crippen LogP contribution in [-0.4, -0.2) is 39.0 Å². The second-order valence-corrected chi connectivity index (χ2v) is 3.82. The molecule has 0 aliphatic carbocycles. The van der Waals surface area contributed by atoms with E-state index in [0.717, 1.165) is 0 Å². The van der Waals surface area contributed by atoms with Crippen LogP contribution in [0.15, 0.2) is 12.1 Å². The summed E-state index contributed by atoms with van der Waals surface area (Å²) >= 11 is 5.30. The average Bonchev–Trinajstić information content (AvgIpc) is 2.50. The number of benzene rings is 1. The van der Waals surface area contributed by atoms with Crippen molar-refractivity contribution in [3.8, 4) is 17.2 Å². The molecule has 0 unspecified atom stereocenters. The fraction of sp³-hybridized carbons (Fsp3) is 0.333. The maximum atomic E-state index is 11.9.